The molecule has 1 aromatic heterocycles. The summed E-state index contributed by atoms with van der Waals surface area (Å²) < 4.78 is 18.8. The molecule has 4 nitrogen and oxygen atoms in total. The number of thiophene rings is 1. The van der Waals surface area contributed by atoms with Crippen LogP contribution in [-0.2, 0) is 6.42 Å². The summed E-state index contributed by atoms with van der Waals surface area (Å²) in [5.74, 6) is 0.439. The Hall–Kier alpha value is -1.47. The molecule has 0 bridgehead atoms. The summed E-state index contributed by atoms with van der Waals surface area (Å²) >= 11 is 1.72. The molecule has 2 aliphatic rings. The van der Waals surface area contributed by atoms with Gasteiger partial charge in [0.25, 0.3) is 0 Å². The SMILES string of the molecule is Cc1cc2c(s1)CCC(CNC1CCC(Oc3ccc(F)cc3)C1O)C2=O.Cl. The lowest BCUT2D eigenvalue weighted by Crippen LogP contribution is -2.44. The molecule has 4 atom stereocenters. The Kier molecular flexibility index (Phi) is 6.76. The zero-order valence-electron chi connectivity index (χ0n) is 15.7. The quantitative estimate of drug-likeness (QED) is 0.762. The van der Waals surface area contributed by atoms with Gasteiger partial charge in [-0.25, -0.2) is 4.39 Å². The third-order valence-corrected chi connectivity index (χ3v) is 6.68. The maximum atomic E-state index is 13.0. The lowest BCUT2D eigenvalue weighted by molar-refractivity contribution is 0.0441. The molecule has 2 N–H and O–H groups in total. The Labute approximate surface area is 174 Å². The number of ether oxygens (including phenoxy) is 1. The van der Waals surface area contributed by atoms with E-state index in [0.717, 1.165) is 31.2 Å². The van der Waals surface area contributed by atoms with Crippen LogP contribution >= 0.6 is 23.7 Å². The van der Waals surface area contributed by atoms with Crippen molar-refractivity contribution in [2.24, 2.45) is 5.92 Å². The molecular formula is C21H25ClFNO3S. The number of aryl methyl sites for hydroxylation is 2. The highest BCUT2D eigenvalue weighted by atomic mass is 35.5. The maximum Gasteiger partial charge on any atom is 0.168 e. The van der Waals surface area contributed by atoms with Gasteiger partial charge in [0.1, 0.15) is 23.8 Å². The van der Waals surface area contributed by atoms with Crippen molar-refractivity contribution in [3.8, 4) is 5.75 Å². The molecule has 0 spiro atoms. The topological polar surface area (TPSA) is 58.6 Å². The number of hydrogen-bond donors (Lipinski definition) is 2. The largest absolute Gasteiger partial charge is 0.488 e. The van der Waals surface area contributed by atoms with E-state index in [9.17, 15) is 14.3 Å². The minimum Gasteiger partial charge on any atom is -0.488 e. The van der Waals surface area contributed by atoms with Crippen LogP contribution in [0.2, 0.25) is 0 Å². The second-order valence-corrected chi connectivity index (χ2v) is 8.83. The first-order valence-corrected chi connectivity index (χ1v) is 10.3. The Morgan fingerprint density at radius 3 is 2.75 bits per heavy atom. The van der Waals surface area contributed by atoms with Crippen molar-refractivity contribution in [2.45, 2.75) is 50.9 Å². The molecular weight excluding hydrogens is 401 g/mol. The number of Topliss-reactive ketones (excluding diaryl/α,β-unsaturated/α-hetero) is 1. The molecule has 4 unspecified atom stereocenters. The van der Waals surface area contributed by atoms with Crippen molar-refractivity contribution in [2.75, 3.05) is 6.54 Å². The number of rotatable bonds is 5. The number of aliphatic hydroxyl groups is 1. The van der Waals surface area contributed by atoms with Crippen molar-refractivity contribution >= 4 is 29.5 Å². The van der Waals surface area contributed by atoms with Gasteiger partial charge in [0, 0.05) is 33.8 Å². The van der Waals surface area contributed by atoms with Gasteiger partial charge >= 0.3 is 0 Å². The van der Waals surface area contributed by atoms with Gasteiger partial charge in [-0.15, -0.1) is 23.7 Å². The predicted octanol–water partition coefficient (Wildman–Crippen LogP) is 3.92. The number of ketones is 1. The number of fused-ring (bicyclic) bond motifs is 1. The van der Waals surface area contributed by atoms with Gasteiger partial charge < -0.3 is 15.2 Å². The second-order valence-electron chi connectivity index (χ2n) is 7.49. The number of aliphatic hydroxyl groups excluding tert-OH is 1. The lowest BCUT2D eigenvalue weighted by atomic mass is 9.87. The highest BCUT2D eigenvalue weighted by Crippen LogP contribution is 2.32. The number of hydrogen-bond acceptors (Lipinski definition) is 5. The van der Waals surface area contributed by atoms with E-state index in [4.69, 9.17) is 4.74 Å². The van der Waals surface area contributed by atoms with Crippen LogP contribution in [0.15, 0.2) is 30.3 Å². The molecule has 0 aliphatic heterocycles. The van der Waals surface area contributed by atoms with Gasteiger partial charge in [-0.2, -0.15) is 0 Å². The molecule has 1 aromatic carbocycles. The molecule has 1 fully saturated rings. The molecule has 1 heterocycles. The molecule has 2 aromatic rings. The Morgan fingerprint density at radius 1 is 1.25 bits per heavy atom. The Balaban J connectivity index is 0.00000225. The highest BCUT2D eigenvalue weighted by molar-refractivity contribution is 7.12. The molecule has 28 heavy (non-hydrogen) atoms. The van der Waals surface area contributed by atoms with E-state index >= 15 is 0 Å². The lowest BCUT2D eigenvalue weighted by Gasteiger charge is -2.25. The summed E-state index contributed by atoms with van der Waals surface area (Å²) in [5, 5.41) is 14.0. The first kappa shape index (κ1) is 21.2. The molecule has 4 rings (SSSR count). The van der Waals surface area contributed by atoms with Crippen molar-refractivity contribution in [3.63, 3.8) is 0 Å². The van der Waals surface area contributed by atoms with E-state index < -0.39 is 6.10 Å². The Morgan fingerprint density at radius 2 is 2.00 bits per heavy atom. The molecule has 2 aliphatic carbocycles. The number of carbonyl (C=O) groups excluding carboxylic acids is 1. The summed E-state index contributed by atoms with van der Waals surface area (Å²) in [7, 11) is 0. The summed E-state index contributed by atoms with van der Waals surface area (Å²) in [5.41, 5.74) is 0.889. The average molecular weight is 426 g/mol. The van der Waals surface area contributed by atoms with Crippen LogP contribution in [-0.4, -0.2) is 35.7 Å². The van der Waals surface area contributed by atoms with Gasteiger partial charge in [0.15, 0.2) is 5.78 Å². The van der Waals surface area contributed by atoms with Gasteiger partial charge in [-0.05, 0) is 62.9 Å². The standard InChI is InChI=1S/C21H24FNO3S.ClH/c1-12-10-16-19(27-12)9-2-13(20(16)24)11-23-17-7-8-18(21(17)25)26-15-5-3-14(22)4-6-15;/h3-6,10,13,17-18,21,23,25H,2,7-9,11H2,1H3;1H. The fourth-order valence-corrected chi connectivity index (χ4v) is 5.14. The van der Waals surface area contributed by atoms with Crippen molar-refractivity contribution in [1.82, 2.24) is 5.32 Å². The van der Waals surface area contributed by atoms with Crippen LogP contribution in [0.4, 0.5) is 4.39 Å². The molecule has 0 amide bonds. The van der Waals surface area contributed by atoms with Gasteiger partial charge in [0.05, 0.1) is 0 Å². The van der Waals surface area contributed by atoms with E-state index in [2.05, 4.69) is 5.32 Å². The van der Waals surface area contributed by atoms with Crippen molar-refractivity contribution < 1.29 is 19.0 Å². The number of halogens is 2. The first-order valence-electron chi connectivity index (χ1n) is 9.48. The highest BCUT2D eigenvalue weighted by Gasteiger charge is 2.37. The summed E-state index contributed by atoms with van der Waals surface area (Å²) in [4.78, 5) is 15.1. The fraction of sp³-hybridized carbons (Fsp3) is 0.476. The average Bonchev–Trinajstić information content (AvgIpc) is 3.20. The maximum absolute atomic E-state index is 13.0. The smallest absolute Gasteiger partial charge is 0.168 e. The van der Waals surface area contributed by atoms with Gasteiger partial charge in [-0.3, -0.25) is 4.79 Å². The van der Waals surface area contributed by atoms with Crippen molar-refractivity contribution in [3.05, 3.63) is 51.5 Å². The molecule has 152 valence electrons. The molecule has 1 saturated carbocycles. The third kappa shape index (κ3) is 4.40. The van der Waals surface area contributed by atoms with Crippen LogP contribution in [0.25, 0.3) is 0 Å². The first-order chi connectivity index (χ1) is 13.0. The van der Waals surface area contributed by atoms with Crippen molar-refractivity contribution in [1.29, 1.82) is 0 Å². The zero-order chi connectivity index (χ0) is 19.0. The van der Waals surface area contributed by atoms with E-state index in [-0.39, 0.29) is 42.1 Å². The normalized spacial score (nSPS) is 26.6. The predicted molar refractivity (Wildman–Crippen MR) is 110 cm³/mol. The number of benzene rings is 1. The monoisotopic (exact) mass is 425 g/mol. The van der Waals surface area contributed by atoms with E-state index in [1.807, 2.05) is 13.0 Å². The summed E-state index contributed by atoms with van der Waals surface area (Å²) in [6.45, 7) is 2.62. The Bertz CT molecular complexity index is 826. The van der Waals surface area contributed by atoms with Crippen LogP contribution in [0.3, 0.4) is 0 Å². The van der Waals surface area contributed by atoms with Gasteiger partial charge in [0.2, 0.25) is 0 Å². The van der Waals surface area contributed by atoms with Crippen LogP contribution in [0, 0.1) is 18.7 Å². The van der Waals surface area contributed by atoms with E-state index in [1.165, 1.54) is 21.9 Å². The van der Waals surface area contributed by atoms with Crippen LogP contribution in [0.1, 0.15) is 39.4 Å². The zero-order valence-corrected chi connectivity index (χ0v) is 17.3. The van der Waals surface area contributed by atoms with E-state index in [1.54, 1.807) is 23.5 Å². The fourth-order valence-electron chi connectivity index (χ4n) is 4.09. The summed E-state index contributed by atoms with van der Waals surface area (Å²) in [6.07, 6.45) is 2.36. The minimum absolute atomic E-state index is 0. The third-order valence-electron chi connectivity index (χ3n) is 5.57. The molecule has 0 saturated heterocycles. The van der Waals surface area contributed by atoms with Crippen LogP contribution in [0.5, 0.6) is 5.75 Å². The number of carbonyl (C=O) groups is 1. The van der Waals surface area contributed by atoms with E-state index in [0.29, 0.717) is 12.3 Å². The molecule has 0 radical (unpaired) electrons. The molecule has 7 heteroatoms. The minimum atomic E-state index is -0.646. The van der Waals surface area contributed by atoms with Crippen LogP contribution < -0.4 is 10.1 Å². The second kappa shape index (κ2) is 8.91. The summed E-state index contributed by atoms with van der Waals surface area (Å²) in [6, 6.07) is 7.76. The van der Waals surface area contributed by atoms with Gasteiger partial charge in [-0.1, -0.05) is 0 Å². The number of nitrogens with one attached hydrogen (secondary N) is 1.